The lowest BCUT2D eigenvalue weighted by molar-refractivity contribution is -0.123. The number of nitrogens with zero attached hydrogens (tertiary/aromatic N) is 2. The summed E-state index contributed by atoms with van der Waals surface area (Å²) in [5.74, 6) is 0.669. The van der Waals surface area contributed by atoms with Crippen molar-refractivity contribution in [3.8, 4) is 5.75 Å². The number of hydrogen-bond acceptors (Lipinski definition) is 4. The van der Waals surface area contributed by atoms with Crippen molar-refractivity contribution in [2.45, 2.75) is 19.3 Å². The second kappa shape index (κ2) is 8.53. The molecule has 0 radical (unpaired) electrons. The molecule has 0 saturated carbocycles. The average molecular weight is 319 g/mol. The van der Waals surface area contributed by atoms with Crippen LogP contribution in [0.4, 0.5) is 5.69 Å². The van der Waals surface area contributed by atoms with Gasteiger partial charge in [0.1, 0.15) is 5.75 Å². The zero-order chi connectivity index (χ0) is 16.7. The predicted octanol–water partition coefficient (Wildman–Crippen LogP) is 1.26. The molecular formula is C17H25N3O3. The summed E-state index contributed by atoms with van der Waals surface area (Å²) in [6.45, 7) is 2.37. The van der Waals surface area contributed by atoms with E-state index in [4.69, 9.17) is 4.74 Å². The highest BCUT2D eigenvalue weighted by atomic mass is 16.5. The Morgan fingerprint density at radius 1 is 1.30 bits per heavy atom. The van der Waals surface area contributed by atoms with Crippen molar-refractivity contribution in [1.29, 1.82) is 0 Å². The first-order chi connectivity index (χ1) is 11.1. The molecule has 0 unspecified atom stereocenters. The first-order valence-electron chi connectivity index (χ1n) is 8.01. The minimum atomic E-state index is -0.123. The number of benzene rings is 1. The Hall–Kier alpha value is -2.08. The van der Waals surface area contributed by atoms with Crippen molar-refractivity contribution < 1.29 is 14.3 Å². The Bertz CT molecular complexity index is 528. The molecule has 0 aromatic heterocycles. The van der Waals surface area contributed by atoms with E-state index in [2.05, 4.69) is 10.2 Å². The van der Waals surface area contributed by atoms with Crippen LogP contribution in [0.5, 0.6) is 5.75 Å². The zero-order valence-corrected chi connectivity index (χ0v) is 13.9. The van der Waals surface area contributed by atoms with Gasteiger partial charge in [0.25, 0.3) is 5.91 Å². The maximum absolute atomic E-state index is 11.7. The largest absolute Gasteiger partial charge is 0.484 e. The zero-order valence-electron chi connectivity index (χ0n) is 13.9. The van der Waals surface area contributed by atoms with E-state index in [1.165, 1.54) is 0 Å². The van der Waals surface area contributed by atoms with E-state index >= 15 is 0 Å². The van der Waals surface area contributed by atoms with E-state index in [1.807, 2.05) is 26.2 Å². The third-order valence-electron chi connectivity index (χ3n) is 3.70. The normalized spacial score (nSPS) is 14.4. The molecule has 0 aliphatic carbocycles. The van der Waals surface area contributed by atoms with Gasteiger partial charge >= 0.3 is 0 Å². The smallest absolute Gasteiger partial charge is 0.257 e. The lowest BCUT2D eigenvalue weighted by atomic mass is 10.3. The number of amides is 2. The standard InChI is InChI=1S/C17H25N3O3/c1-19(2)11-4-10-18-16(21)13-23-15-8-6-14(7-9-15)20-12-3-5-17(20)22/h6-9H,3-5,10-13H2,1-2H3,(H,18,21). The fraction of sp³-hybridized carbons (Fsp3) is 0.529. The molecule has 2 rings (SSSR count). The Morgan fingerprint density at radius 3 is 2.65 bits per heavy atom. The Labute approximate surface area is 137 Å². The van der Waals surface area contributed by atoms with Crippen LogP contribution >= 0.6 is 0 Å². The van der Waals surface area contributed by atoms with Gasteiger partial charge in [-0.15, -0.1) is 0 Å². The van der Waals surface area contributed by atoms with E-state index in [0.29, 0.717) is 18.7 Å². The number of anilines is 1. The molecule has 1 aromatic carbocycles. The summed E-state index contributed by atoms with van der Waals surface area (Å²) in [5.41, 5.74) is 0.882. The Balaban J connectivity index is 1.71. The van der Waals surface area contributed by atoms with Crippen molar-refractivity contribution in [3.63, 3.8) is 0 Å². The van der Waals surface area contributed by atoms with Crippen LogP contribution in [0.2, 0.25) is 0 Å². The number of ether oxygens (including phenoxy) is 1. The minimum Gasteiger partial charge on any atom is -0.484 e. The predicted molar refractivity (Wildman–Crippen MR) is 89.7 cm³/mol. The molecule has 0 bridgehead atoms. The maximum Gasteiger partial charge on any atom is 0.257 e. The van der Waals surface area contributed by atoms with Crippen LogP contribution in [0.15, 0.2) is 24.3 Å². The van der Waals surface area contributed by atoms with E-state index < -0.39 is 0 Å². The summed E-state index contributed by atoms with van der Waals surface area (Å²) in [4.78, 5) is 27.2. The third-order valence-corrected chi connectivity index (χ3v) is 3.70. The molecule has 23 heavy (non-hydrogen) atoms. The summed E-state index contributed by atoms with van der Waals surface area (Å²) < 4.78 is 5.46. The van der Waals surface area contributed by atoms with Crippen molar-refractivity contribution in [2.24, 2.45) is 0 Å². The summed E-state index contributed by atoms with van der Waals surface area (Å²) in [5, 5.41) is 2.83. The van der Waals surface area contributed by atoms with Gasteiger partial charge < -0.3 is 19.9 Å². The molecule has 1 heterocycles. The van der Waals surface area contributed by atoms with Gasteiger partial charge in [-0.3, -0.25) is 9.59 Å². The van der Waals surface area contributed by atoms with Crippen LogP contribution in [0.1, 0.15) is 19.3 Å². The minimum absolute atomic E-state index is 0.00392. The molecule has 0 spiro atoms. The van der Waals surface area contributed by atoms with Gasteiger partial charge in [-0.05, 0) is 57.7 Å². The number of carbonyl (C=O) groups is 2. The lowest BCUT2D eigenvalue weighted by Gasteiger charge is -2.16. The molecule has 1 saturated heterocycles. The highest BCUT2D eigenvalue weighted by molar-refractivity contribution is 5.95. The van der Waals surface area contributed by atoms with Gasteiger partial charge in [-0.2, -0.15) is 0 Å². The number of rotatable bonds is 8. The van der Waals surface area contributed by atoms with Crippen LogP contribution in [0.3, 0.4) is 0 Å². The molecule has 1 fully saturated rings. The fourth-order valence-electron chi connectivity index (χ4n) is 2.47. The SMILES string of the molecule is CN(C)CCCNC(=O)COc1ccc(N2CCCC2=O)cc1. The molecule has 126 valence electrons. The summed E-state index contributed by atoms with van der Waals surface area (Å²) in [6, 6.07) is 7.29. The summed E-state index contributed by atoms with van der Waals surface area (Å²) in [6.07, 6.45) is 2.44. The van der Waals surface area contributed by atoms with Gasteiger partial charge in [0, 0.05) is 25.2 Å². The van der Waals surface area contributed by atoms with Crippen molar-refractivity contribution in [3.05, 3.63) is 24.3 Å². The second-order valence-electron chi connectivity index (χ2n) is 5.94. The van der Waals surface area contributed by atoms with Gasteiger partial charge in [-0.25, -0.2) is 0 Å². The van der Waals surface area contributed by atoms with Gasteiger partial charge in [0.2, 0.25) is 5.91 Å². The second-order valence-corrected chi connectivity index (χ2v) is 5.94. The van der Waals surface area contributed by atoms with E-state index in [-0.39, 0.29) is 18.4 Å². The van der Waals surface area contributed by atoms with E-state index in [9.17, 15) is 9.59 Å². The van der Waals surface area contributed by atoms with Crippen LogP contribution in [-0.4, -0.2) is 57.1 Å². The maximum atomic E-state index is 11.7. The van der Waals surface area contributed by atoms with Gasteiger partial charge in [-0.1, -0.05) is 0 Å². The fourth-order valence-corrected chi connectivity index (χ4v) is 2.47. The molecule has 6 heteroatoms. The monoisotopic (exact) mass is 319 g/mol. The number of nitrogens with one attached hydrogen (secondary N) is 1. The molecular weight excluding hydrogens is 294 g/mol. The molecule has 2 amide bonds. The molecule has 1 aliphatic rings. The summed E-state index contributed by atoms with van der Waals surface area (Å²) in [7, 11) is 4.01. The third kappa shape index (κ3) is 5.56. The first-order valence-corrected chi connectivity index (χ1v) is 8.01. The van der Waals surface area contributed by atoms with E-state index in [1.54, 1.807) is 17.0 Å². The van der Waals surface area contributed by atoms with Crippen molar-refractivity contribution in [2.75, 3.05) is 45.2 Å². The molecule has 1 N–H and O–H groups in total. The average Bonchev–Trinajstić information content (AvgIpc) is 2.96. The van der Waals surface area contributed by atoms with Crippen molar-refractivity contribution in [1.82, 2.24) is 10.2 Å². The van der Waals surface area contributed by atoms with Gasteiger partial charge in [0.15, 0.2) is 6.61 Å². The molecule has 1 aromatic rings. The first kappa shape index (κ1) is 17.3. The number of hydrogen-bond donors (Lipinski definition) is 1. The van der Waals surface area contributed by atoms with E-state index in [0.717, 1.165) is 31.6 Å². The number of carbonyl (C=O) groups excluding carboxylic acids is 2. The Kier molecular flexibility index (Phi) is 6.40. The van der Waals surface area contributed by atoms with Gasteiger partial charge in [0.05, 0.1) is 0 Å². The quantitative estimate of drug-likeness (QED) is 0.733. The molecule has 1 aliphatic heterocycles. The van der Waals surface area contributed by atoms with Crippen LogP contribution in [0, 0.1) is 0 Å². The van der Waals surface area contributed by atoms with Crippen molar-refractivity contribution >= 4 is 17.5 Å². The topological polar surface area (TPSA) is 61.9 Å². The Morgan fingerprint density at radius 2 is 2.04 bits per heavy atom. The van der Waals surface area contributed by atoms with Crippen LogP contribution in [-0.2, 0) is 9.59 Å². The molecule has 0 atom stereocenters. The van der Waals surface area contributed by atoms with Crippen LogP contribution < -0.4 is 15.0 Å². The highest BCUT2D eigenvalue weighted by Gasteiger charge is 2.21. The van der Waals surface area contributed by atoms with Crippen LogP contribution in [0.25, 0.3) is 0 Å². The lowest BCUT2D eigenvalue weighted by Crippen LogP contribution is -2.31. The highest BCUT2D eigenvalue weighted by Crippen LogP contribution is 2.23. The molecule has 6 nitrogen and oxygen atoms in total. The summed E-state index contributed by atoms with van der Waals surface area (Å²) >= 11 is 0.